The van der Waals surface area contributed by atoms with Crippen molar-refractivity contribution in [3.63, 3.8) is 0 Å². The number of fused-ring (bicyclic) bond motifs is 1. The summed E-state index contributed by atoms with van der Waals surface area (Å²) in [6.07, 6.45) is 1.44. The molecule has 2 amide bonds. The van der Waals surface area contributed by atoms with Gasteiger partial charge in [-0.15, -0.1) is 0 Å². The summed E-state index contributed by atoms with van der Waals surface area (Å²) in [5.74, 6) is -2.25. The second kappa shape index (κ2) is 10.3. The molecule has 0 saturated carbocycles. The molecule has 0 unspecified atom stereocenters. The van der Waals surface area contributed by atoms with E-state index >= 15 is 0 Å². The Balaban J connectivity index is 1.51. The first kappa shape index (κ1) is 23.8. The Kier molecular flexibility index (Phi) is 7.01. The second-order valence-electron chi connectivity index (χ2n) is 8.20. The monoisotopic (exact) mass is 474 g/mol. The molecular formula is C27H24F2N4O2. The van der Waals surface area contributed by atoms with Gasteiger partial charge in [-0.2, -0.15) is 0 Å². The van der Waals surface area contributed by atoms with E-state index in [2.05, 4.69) is 10.6 Å². The number of anilines is 1. The van der Waals surface area contributed by atoms with Gasteiger partial charge in [-0.3, -0.25) is 9.59 Å². The molecule has 1 aliphatic rings. The predicted octanol–water partition coefficient (Wildman–Crippen LogP) is 3.91. The summed E-state index contributed by atoms with van der Waals surface area (Å²) in [6.45, 7) is 1.52. The van der Waals surface area contributed by atoms with Crippen LogP contribution < -0.4 is 15.5 Å². The van der Waals surface area contributed by atoms with Crippen LogP contribution in [0.4, 0.5) is 14.5 Å². The quantitative estimate of drug-likeness (QED) is 0.569. The maximum atomic E-state index is 13.4. The van der Waals surface area contributed by atoms with Gasteiger partial charge in [0.1, 0.15) is 23.5 Å². The zero-order valence-electron chi connectivity index (χ0n) is 19.3. The zero-order chi connectivity index (χ0) is 24.9. The predicted molar refractivity (Wildman–Crippen MR) is 131 cm³/mol. The lowest BCUT2D eigenvalue weighted by molar-refractivity contribution is -0.127. The third kappa shape index (κ3) is 5.78. The summed E-state index contributed by atoms with van der Waals surface area (Å²) in [6, 6.07) is 19.4. The van der Waals surface area contributed by atoms with Crippen LogP contribution in [0.2, 0.25) is 0 Å². The van der Waals surface area contributed by atoms with Gasteiger partial charge in [-0.25, -0.2) is 13.8 Å². The number of carbonyl (C=O) groups is 2. The number of para-hydroxylation sites is 1. The standard InChI is InChI=1S/C27H24F2N4O2/c1-17(30-25(34)14-18-12-20(28)15-21(29)13-18)27(35)32-24-16-33(2)23-11-7-6-10-22(23)26(31-24)19-8-4-3-5-9-19/h3-13,15-17H,14H2,1-2H3,(H,30,34)(H,32,35)/t17-/m0/s1. The van der Waals surface area contributed by atoms with Crippen LogP contribution in [0.15, 0.2) is 89.8 Å². The fraction of sp³-hybridized carbons (Fsp3) is 0.148. The molecule has 1 heterocycles. The van der Waals surface area contributed by atoms with E-state index in [-0.39, 0.29) is 12.0 Å². The van der Waals surface area contributed by atoms with Gasteiger partial charge >= 0.3 is 0 Å². The maximum Gasteiger partial charge on any atom is 0.247 e. The topological polar surface area (TPSA) is 73.8 Å². The third-order valence-electron chi connectivity index (χ3n) is 5.44. The van der Waals surface area contributed by atoms with Crippen LogP contribution in [0.1, 0.15) is 23.6 Å². The lowest BCUT2D eigenvalue weighted by atomic mass is 10.0. The van der Waals surface area contributed by atoms with E-state index < -0.39 is 29.5 Å². The molecule has 1 atom stereocenters. The van der Waals surface area contributed by atoms with Gasteiger partial charge in [-0.05, 0) is 30.7 Å². The van der Waals surface area contributed by atoms with Gasteiger partial charge in [-0.1, -0.05) is 48.5 Å². The van der Waals surface area contributed by atoms with Crippen molar-refractivity contribution in [1.29, 1.82) is 0 Å². The molecule has 0 fully saturated rings. The van der Waals surface area contributed by atoms with E-state index in [0.717, 1.165) is 35.0 Å². The fourth-order valence-corrected chi connectivity index (χ4v) is 3.81. The molecule has 0 saturated heterocycles. The Morgan fingerprint density at radius 2 is 1.63 bits per heavy atom. The van der Waals surface area contributed by atoms with Crippen molar-refractivity contribution in [3.8, 4) is 0 Å². The Labute approximate surface area is 202 Å². The highest BCUT2D eigenvalue weighted by atomic mass is 19.1. The SMILES string of the molecule is C[C@H](NC(=O)Cc1cc(F)cc(F)c1)C(=O)NC1=CN(C)c2ccccc2C(c2ccccc2)=N1. The van der Waals surface area contributed by atoms with Gasteiger partial charge < -0.3 is 15.5 Å². The minimum Gasteiger partial charge on any atom is -0.347 e. The molecule has 0 radical (unpaired) electrons. The minimum atomic E-state index is -0.909. The summed E-state index contributed by atoms with van der Waals surface area (Å²) in [5.41, 5.74) is 3.59. The molecule has 3 aromatic rings. The third-order valence-corrected chi connectivity index (χ3v) is 5.44. The molecule has 8 heteroatoms. The average molecular weight is 475 g/mol. The first-order valence-electron chi connectivity index (χ1n) is 11.0. The van der Waals surface area contributed by atoms with E-state index in [0.29, 0.717) is 11.5 Å². The molecule has 2 N–H and O–H groups in total. The first-order valence-corrected chi connectivity index (χ1v) is 11.0. The van der Waals surface area contributed by atoms with Crippen molar-refractivity contribution in [2.24, 2.45) is 4.99 Å². The number of rotatable bonds is 6. The lowest BCUT2D eigenvalue weighted by Gasteiger charge is -2.17. The maximum absolute atomic E-state index is 13.4. The fourth-order valence-electron chi connectivity index (χ4n) is 3.81. The summed E-state index contributed by atoms with van der Waals surface area (Å²) in [5, 5.41) is 5.33. The number of carbonyl (C=O) groups excluding carboxylic acids is 2. The zero-order valence-corrected chi connectivity index (χ0v) is 19.3. The summed E-state index contributed by atoms with van der Waals surface area (Å²) in [7, 11) is 1.86. The van der Waals surface area contributed by atoms with Crippen LogP contribution in [0.5, 0.6) is 0 Å². The molecule has 178 valence electrons. The molecule has 4 rings (SSSR count). The smallest absolute Gasteiger partial charge is 0.247 e. The van der Waals surface area contributed by atoms with Gasteiger partial charge in [0, 0.05) is 36.1 Å². The van der Waals surface area contributed by atoms with Crippen LogP contribution in [0.25, 0.3) is 0 Å². The van der Waals surface area contributed by atoms with E-state index in [4.69, 9.17) is 4.99 Å². The second-order valence-corrected chi connectivity index (χ2v) is 8.20. The van der Waals surface area contributed by atoms with Crippen molar-refractivity contribution < 1.29 is 18.4 Å². The highest BCUT2D eigenvalue weighted by Gasteiger charge is 2.21. The molecule has 35 heavy (non-hydrogen) atoms. The highest BCUT2D eigenvalue weighted by molar-refractivity contribution is 6.17. The van der Waals surface area contributed by atoms with Crippen LogP contribution >= 0.6 is 0 Å². The number of nitrogens with one attached hydrogen (secondary N) is 2. The average Bonchev–Trinajstić information content (AvgIpc) is 2.95. The van der Waals surface area contributed by atoms with Crippen molar-refractivity contribution in [1.82, 2.24) is 10.6 Å². The molecular weight excluding hydrogens is 450 g/mol. The number of hydrogen-bond donors (Lipinski definition) is 2. The lowest BCUT2D eigenvalue weighted by Crippen LogP contribution is -2.45. The van der Waals surface area contributed by atoms with Crippen LogP contribution in [0, 0.1) is 11.6 Å². The number of aliphatic imine (C=N–C) groups is 1. The molecule has 0 bridgehead atoms. The van der Waals surface area contributed by atoms with Crippen molar-refractivity contribution in [2.45, 2.75) is 19.4 Å². The minimum absolute atomic E-state index is 0.176. The number of nitrogens with zero attached hydrogens (tertiary/aromatic N) is 2. The van der Waals surface area contributed by atoms with Gasteiger partial charge in [0.2, 0.25) is 11.8 Å². The Morgan fingerprint density at radius 3 is 2.34 bits per heavy atom. The largest absolute Gasteiger partial charge is 0.347 e. The number of halogens is 2. The van der Waals surface area contributed by atoms with Gasteiger partial charge in [0.15, 0.2) is 0 Å². The van der Waals surface area contributed by atoms with Crippen LogP contribution in [-0.4, -0.2) is 30.6 Å². The van der Waals surface area contributed by atoms with Crippen LogP contribution in [0.3, 0.4) is 0 Å². The number of amides is 2. The van der Waals surface area contributed by atoms with Crippen LogP contribution in [-0.2, 0) is 16.0 Å². The van der Waals surface area contributed by atoms with E-state index in [1.807, 2.05) is 66.5 Å². The Hall–Kier alpha value is -4.33. The van der Waals surface area contributed by atoms with E-state index in [1.54, 1.807) is 6.20 Å². The molecule has 3 aromatic carbocycles. The van der Waals surface area contributed by atoms with E-state index in [1.165, 1.54) is 6.92 Å². The van der Waals surface area contributed by atoms with Gasteiger partial charge in [0.05, 0.1) is 12.1 Å². The summed E-state index contributed by atoms with van der Waals surface area (Å²) >= 11 is 0. The van der Waals surface area contributed by atoms with Gasteiger partial charge in [0.25, 0.3) is 0 Å². The molecule has 1 aliphatic heterocycles. The summed E-state index contributed by atoms with van der Waals surface area (Å²) in [4.78, 5) is 31.8. The highest BCUT2D eigenvalue weighted by Crippen LogP contribution is 2.27. The Morgan fingerprint density at radius 1 is 0.971 bits per heavy atom. The van der Waals surface area contributed by atoms with Crippen molar-refractivity contribution in [3.05, 3.63) is 113 Å². The van der Waals surface area contributed by atoms with E-state index in [9.17, 15) is 18.4 Å². The molecule has 0 spiro atoms. The summed E-state index contributed by atoms with van der Waals surface area (Å²) < 4.78 is 26.8. The number of benzene rings is 3. The molecule has 6 nitrogen and oxygen atoms in total. The normalized spacial score (nSPS) is 13.7. The van der Waals surface area contributed by atoms with Crippen molar-refractivity contribution >= 4 is 23.2 Å². The first-order chi connectivity index (χ1) is 16.8. The number of hydrogen-bond acceptors (Lipinski definition) is 4. The van der Waals surface area contributed by atoms with Crippen molar-refractivity contribution in [2.75, 3.05) is 11.9 Å². The Bertz CT molecular complexity index is 1300. The molecule has 0 aromatic heterocycles. The molecule has 0 aliphatic carbocycles.